The van der Waals surface area contributed by atoms with Crippen LogP contribution < -0.4 is 0 Å². The molecule has 0 radical (unpaired) electrons. The molecule has 0 nitrogen and oxygen atoms in total. The molecule has 0 bridgehead atoms. The highest BCUT2D eigenvalue weighted by atomic mass is 79.9. The molecular weight excluding hydrogens is 356 g/mol. The van der Waals surface area contributed by atoms with Gasteiger partial charge in [0.1, 0.15) is 0 Å². The molecule has 0 heterocycles. The van der Waals surface area contributed by atoms with Crippen LogP contribution in [0, 0.1) is 27.7 Å². The number of benzene rings is 3. The lowest BCUT2D eigenvalue weighted by Gasteiger charge is -2.24. The van der Waals surface area contributed by atoms with Gasteiger partial charge in [0.2, 0.25) is 0 Å². The van der Waals surface area contributed by atoms with E-state index in [1.54, 1.807) is 0 Å². The number of hydrogen-bond acceptors (Lipinski definition) is 0. The minimum absolute atomic E-state index is 0.252. The minimum atomic E-state index is 0.252. The molecule has 0 spiro atoms. The lowest BCUT2D eigenvalue weighted by Crippen LogP contribution is -2.08. The van der Waals surface area contributed by atoms with Crippen LogP contribution in [0.5, 0.6) is 0 Å². The highest BCUT2D eigenvalue weighted by molar-refractivity contribution is 9.10. The zero-order chi connectivity index (χ0) is 17.3. The smallest absolute Gasteiger partial charge is 0.0345 e. The van der Waals surface area contributed by atoms with Crippen molar-refractivity contribution in [1.29, 1.82) is 0 Å². The first-order valence-corrected chi connectivity index (χ1v) is 9.15. The summed E-state index contributed by atoms with van der Waals surface area (Å²) in [4.78, 5) is 0. The summed E-state index contributed by atoms with van der Waals surface area (Å²) >= 11 is 3.64. The lowest BCUT2D eigenvalue weighted by atomic mass is 9.80. The van der Waals surface area contributed by atoms with E-state index in [4.69, 9.17) is 0 Å². The third-order valence-electron chi connectivity index (χ3n) is 4.67. The largest absolute Gasteiger partial charge is 0.0608 e. The van der Waals surface area contributed by atoms with Crippen LogP contribution in [-0.4, -0.2) is 0 Å². The van der Waals surface area contributed by atoms with Gasteiger partial charge in [0.25, 0.3) is 0 Å². The Morgan fingerprint density at radius 1 is 0.667 bits per heavy atom. The Morgan fingerprint density at radius 3 is 1.71 bits per heavy atom. The molecule has 0 fully saturated rings. The van der Waals surface area contributed by atoms with Gasteiger partial charge in [0.05, 0.1) is 0 Å². The summed E-state index contributed by atoms with van der Waals surface area (Å²) in [5.41, 5.74) is 9.40. The normalized spacial score (nSPS) is 11.1. The van der Waals surface area contributed by atoms with E-state index in [9.17, 15) is 0 Å². The van der Waals surface area contributed by atoms with Crippen molar-refractivity contribution in [2.75, 3.05) is 0 Å². The summed E-state index contributed by atoms with van der Waals surface area (Å²) in [6.07, 6.45) is 0. The maximum atomic E-state index is 3.64. The Bertz CT molecular complexity index is 825. The number of hydrogen-bond donors (Lipinski definition) is 0. The van der Waals surface area contributed by atoms with Crippen molar-refractivity contribution >= 4 is 15.9 Å². The highest BCUT2D eigenvalue weighted by Gasteiger charge is 2.21. The van der Waals surface area contributed by atoms with Gasteiger partial charge in [-0.2, -0.15) is 0 Å². The summed E-state index contributed by atoms with van der Waals surface area (Å²) in [6, 6.07) is 22.2. The molecule has 0 aromatic heterocycles. The van der Waals surface area contributed by atoms with Crippen molar-refractivity contribution in [3.8, 4) is 0 Å². The third-order valence-corrected chi connectivity index (χ3v) is 5.17. The number of rotatable bonds is 3. The molecule has 3 rings (SSSR count). The average molecular weight is 379 g/mol. The van der Waals surface area contributed by atoms with Crippen LogP contribution in [0.1, 0.15) is 44.9 Å². The Morgan fingerprint density at radius 2 is 1.21 bits per heavy atom. The van der Waals surface area contributed by atoms with Crippen molar-refractivity contribution in [2.24, 2.45) is 0 Å². The van der Waals surface area contributed by atoms with Gasteiger partial charge in [-0.3, -0.25) is 0 Å². The molecule has 0 aliphatic carbocycles. The zero-order valence-corrected chi connectivity index (χ0v) is 16.3. The van der Waals surface area contributed by atoms with Crippen LogP contribution in [0.3, 0.4) is 0 Å². The van der Waals surface area contributed by atoms with E-state index in [-0.39, 0.29) is 5.92 Å². The standard InChI is InChI=1S/C23H23Br/c1-15-8-10-17(3)21(12-15)23(19-6-5-7-20(24)14-19)22-13-16(2)9-11-18(22)4/h5-14,23H,1-4H3. The molecule has 3 aromatic rings. The Balaban J connectivity index is 2.29. The molecule has 0 saturated carbocycles. The van der Waals surface area contributed by atoms with Crippen LogP contribution in [0.25, 0.3) is 0 Å². The summed E-state index contributed by atoms with van der Waals surface area (Å²) in [6.45, 7) is 8.77. The quantitative estimate of drug-likeness (QED) is 0.436. The van der Waals surface area contributed by atoms with E-state index in [2.05, 4.69) is 104 Å². The summed E-state index contributed by atoms with van der Waals surface area (Å²) < 4.78 is 1.13. The van der Waals surface area contributed by atoms with E-state index in [0.29, 0.717) is 0 Å². The lowest BCUT2D eigenvalue weighted by molar-refractivity contribution is 0.942. The molecule has 0 N–H and O–H groups in total. The predicted molar refractivity (Wildman–Crippen MR) is 107 cm³/mol. The monoisotopic (exact) mass is 378 g/mol. The third kappa shape index (κ3) is 3.47. The van der Waals surface area contributed by atoms with Gasteiger partial charge < -0.3 is 0 Å². The van der Waals surface area contributed by atoms with Crippen molar-refractivity contribution in [2.45, 2.75) is 33.6 Å². The first-order valence-electron chi connectivity index (χ1n) is 8.35. The van der Waals surface area contributed by atoms with Crippen molar-refractivity contribution in [3.63, 3.8) is 0 Å². The highest BCUT2D eigenvalue weighted by Crippen LogP contribution is 2.37. The van der Waals surface area contributed by atoms with Gasteiger partial charge in [-0.25, -0.2) is 0 Å². The minimum Gasteiger partial charge on any atom is -0.0608 e. The molecule has 0 aliphatic heterocycles. The molecule has 1 heteroatoms. The van der Waals surface area contributed by atoms with Crippen molar-refractivity contribution < 1.29 is 0 Å². The van der Waals surface area contributed by atoms with Gasteiger partial charge in [0, 0.05) is 10.4 Å². The fourth-order valence-corrected chi connectivity index (χ4v) is 3.77. The fourth-order valence-electron chi connectivity index (χ4n) is 3.35. The van der Waals surface area contributed by atoms with Crippen LogP contribution in [-0.2, 0) is 0 Å². The molecule has 0 amide bonds. The van der Waals surface area contributed by atoms with Gasteiger partial charge in [-0.1, -0.05) is 75.6 Å². The Kier molecular flexibility index (Phi) is 4.91. The van der Waals surface area contributed by atoms with Crippen LogP contribution in [0.15, 0.2) is 65.1 Å². The van der Waals surface area contributed by atoms with Crippen molar-refractivity contribution in [3.05, 3.63) is 104 Å². The van der Waals surface area contributed by atoms with E-state index >= 15 is 0 Å². The first-order chi connectivity index (χ1) is 11.5. The number of aryl methyl sites for hydroxylation is 4. The topological polar surface area (TPSA) is 0 Å². The summed E-state index contributed by atoms with van der Waals surface area (Å²) in [7, 11) is 0. The van der Waals surface area contributed by atoms with Gasteiger partial charge >= 0.3 is 0 Å². The molecule has 0 atom stereocenters. The second-order valence-corrected chi connectivity index (χ2v) is 7.62. The zero-order valence-electron chi connectivity index (χ0n) is 14.7. The van der Waals surface area contributed by atoms with E-state index in [1.807, 2.05) is 0 Å². The number of halogens is 1. The predicted octanol–water partition coefficient (Wildman–Crippen LogP) is 6.86. The summed E-state index contributed by atoms with van der Waals surface area (Å²) in [5.74, 6) is 0.252. The Labute approximate surface area is 153 Å². The second-order valence-electron chi connectivity index (χ2n) is 6.71. The SMILES string of the molecule is Cc1ccc(C)c(C(c2cccc(Br)c2)c2cc(C)ccc2C)c1. The molecule has 3 aromatic carbocycles. The summed E-state index contributed by atoms with van der Waals surface area (Å²) in [5, 5.41) is 0. The van der Waals surface area contributed by atoms with Crippen LogP contribution >= 0.6 is 15.9 Å². The molecule has 0 unspecified atom stereocenters. The Hall–Kier alpha value is -1.86. The van der Waals surface area contributed by atoms with E-state index < -0.39 is 0 Å². The van der Waals surface area contributed by atoms with Crippen LogP contribution in [0.4, 0.5) is 0 Å². The van der Waals surface area contributed by atoms with Gasteiger partial charge in [0.15, 0.2) is 0 Å². The molecule has 0 saturated heterocycles. The maximum Gasteiger partial charge on any atom is 0.0345 e. The van der Waals surface area contributed by atoms with Crippen molar-refractivity contribution in [1.82, 2.24) is 0 Å². The van der Waals surface area contributed by atoms with E-state index in [1.165, 1.54) is 38.9 Å². The first kappa shape index (κ1) is 17.0. The van der Waals surface area contributed by atoms with Gasteiger partial charge in [-0.05, 0) is 67.6 Å². The van der Waals surface area contributed by atoms with Crippen LogP contribution in [0.2, 0.25) is 0 Å². The molecular formula is C23H23Br. The molecule has 122 valence electrons. The molecule has 24 heavy (non-hydrogen) atoms. The second kappa shape index (κ2) is 6.94. The maximum absolute atomic E-state index is 3.64. The van der Waals surface area contributed by atoms with E-state index in [0.717, 1.165) is 4.47 Å². The molecule has 0 aliphatic rings. The average Bonchev–Trinajstić information content (AvgIpc) is 2.54. The fraction of sp³-hybridized carbons (Fsp3) is 0.217. The van der Waals surface area contributed by atoms with Gasteiger partial charge in [-0.15, -0.1) is 0 Å².